The van der Waals surface area contributed by atoms with E-state index >= 15 is 0 Å². The second-order valence-corrected chi connectivity index (χ2v) is 5.64. The molecule has 1 N–H and O–H groups in total. The summed E-state index contributed by atoms with van der Waals surface area (Å²) in [7, 11) is -2.29. The van der Waals surface area contributed by atoms with Crippen molar-refractivity contribution in [3.05, 3.63) is 41.7 Å². The van der Waals surface area contributed by atoms with Crippen molar-refractivity contribution >= 4 is 27.3 Å². The van der Waals surface area contributed by atoms with Gasteiger partial charge in [0.05, 0.1) is 30.1 Å². The van der Waals surface area contributed by atoms with Crippen LogP contribution in [0.5, 0.6) is 6.01 Å². The maximum atomic E-state index is 12.1. The van der Waals surface area contributed by atoms with Gasteiger partial charge in [-0.1, -0.05) is 17.7 Å². The molecule has 0 aliphatic heterocycles. The zero-order valence-corrected chi connectivity index (χ0v) is 11.4. The summed E-state index contributed by atoms with van der Waals surface area (Å²) in [4.78, 5) is 7.68. The van der Waals surface area contributed by atoms with Gasteiger partial charge in [0.1, 0.15) is 0 Å². The summed E-state index contributed by atoms with van der Waals surface area (Å²) < 4.78 is 31.2. The van der Waals surface area contributed by atoms with Crippen LogP contribution in [0.4, 0.5) is 5.69 Å². The summed E-state index contributed by atoms with van der Waals surface area (Å²) in [5, 5.41) is 0.342. The Hall–Kier alpha value is -1.86. The van der Waals surface area contributed by atoms with Crippen LogP contribution in [0.15, 0.2) is 41.6 Å². The summed E-state index contributed by atoms with van der Waals surface area (Å²) in [5.74, 6) is 0. The summed E-state index contributed by atoms with van der Waals surface area (Å²) in [6, 6.07) is 6.11. The molecule has 0 aliphatic carbocycles. The maximum absolute atomic E-state index is 12.1. The lowest BCUT2D eigenvalue weighted by Gasteiger charge is -2.07. The quantitative estimate of drug-likeness (QED) is 0.933. The van der Waals surface area contributed by atoms with E-state index < -0.39 is 10.0 Å². The van der Waals surface area contributed by atoms with Crippen LogP contribution in [-0.2, 0) is 10.0 Å². The minimum Gasteiger partial charge on any atom is -0.467 e. The largest absolute Gasteiger partial charge is 0.467 e. The van der Waals surface area contributed by atoms with Crippen molar-refractivity contribution in [2.75, 3.05) is 11.8 Å². The fourth-order valence-electron chi connectivity index (χ4n) is 1.32. The Labute approximate surface area is 115 Å². The number of sulfonamides is 1. The lowest BCUT2D eigenvalue weighted by molar-refractivity contribution is 0.380. The molecule has 8 heteroatoms. The molecule has 0 fully saturated rings. The first-order valence-corrected chi connectivity index (χ1v) is 7.02. The highest BCUT2D eigenvalue weighted by molar-refractivity contribution is 7.92. The Balaban J connectivity index is 2.25. The van der Waals surface area contributed by atoms with Crippen LogP contribution in [0.1, 0.15) is 0 Å². The van der Waals surface area contributed by atoms with Crippen molar-refractivity contribution in [1.82, 2.24) is 9.97 Å². The molecule has 0 saturated heterocycles. The maximum Gasteiger partial charge on any atom is 0.316 e. The number of nitrogens with one attached hydrogen (secondary N) is 1. The number of nitrogens with zero attached hydrogens (tertiary/aromatic N) is 2. The number of hydrogen-bond donors (Lipinski definition) is 1. The Morgan fingerprint density at radius 1 is 1.26 bits per heavy atom. The standard InChI is InChI=1S/C11H10ClN3O3S/c1-18-11-13-6-9(7-14-11)15-19(16,17)10-4-2-3-8(12)5-10/h2-7,15H,1H3. The molecule has 1 aromatic heterocycles. The number of ether oxygens (including phenoxy) is 1. The number of halogens is 1. The van der Waals surface area contributed by atoms with Crippen LogP contribution in [0.2, 0.25) is 5.02 Å². The predicted octanol–water partition coefficient (Wildman–Crippen LogP) is 1.94. The summed E-state index contributed by atoms with van der Waals surface area (Å²) in [6.45, 7) is 0. The van der Waals surface area contributed by atoms with E-state index in [0.29, 0.717) is 5.02 Å². The molecule has 100 valence electrons. The third-order valence-electron chi connectivity index (χ3n) is 2.17. The Morgan fingerprint density at radius 3 is 2.53 bits per heavy atom. The van der Waals surface area contributed by atoms with E-state index in [2.05, 4.69) is 14.7 Å². The minimum absolute atomic E-state index is 0.0656. The number of aromatic nitrogens is 2. The number of benzene rings is 1. The van der Waals surface area contributed by atoms with Crippen LogP contribution in [0, 0.1) is 0 Å². The molecule has 0 spiro atoms. The van der Waals surface area contributed by atoms with Crippen molar-refractivity contribution in [2.24, 2.45) is 0 Å². The molecule has 6 nitrogen and oxygen atoms in total. The zero-order valence-electron chi connectivity index (χ0n) is 9.87. The highest BCUT2D eigenvalue weighted by Crippen LogP contribution is 2.18. The topological polar surface area (TPSA) is 81.2 Å². The van der Waals surface area contributed by atoms with Crippen molar-refractivity contribution < 1.29 is 13.2 Å². The van der Waals surface area contributed by atoms with Gasteiger partial charge >= 0.3 is 6.01 Å². The fraction of sp³-hybridized carbons (Fsp3) is 0.0909. The van der Waals surface area contributed by atoms with Gasteiger partial charge in [-0.25, -0.2) is 18.4 Å². The highest BCUT2D eigenvalue weighted by atomic mass is 35.5. The molecule has 1 heterocycles. The molecule has 0 bridgehead atoms. The average molecular weight is 300 g/mol. The molecule has 19 heavy (non-hydrogen) atoms. The van der Waals surface area contributed by atoms with E-state index in [1.165, 1.54) is 31.6 Å². The molecule has 0 amide bonds. The van der Waals surface area contributed by atoms with Crippen molar-refractivity contribution in [3.8, 4) is 6.01 Å². The second-order valence-electron chi connectivity index (χ2n) is 3.52. The molecule has 0 saturated carbocycles. The highest BCUT2D eigenvalue weighted by Gasteiger charge is 2.14. The second kappa shape index (κ2) is 5.41. The van der Waals surface area contributed by atoms with E-state index in [0.717, 1.165) is 0 Å². The number of hydrogen-bond acceptors (Lipinski definition) is 5. The molecule has 2 rings (SSSR count). The summed E-state index contributed by atoms with van der Waals surface area (Å²) in [6.07, 6.45) is 2.63. The molecule has 0 radical (unpaired) electrons. The van der Waals surface area contributed by atoms with Crippen LogP contribution in [0.25, 0.3) is 0 Å². The molecular weight excluding hydrogens is 290 g/mol. The fourth-order valence-corrected chi connectivity index (χ4v) is 2.65. The molecule has 1 aromatic carbocycles. The molecule has 2 aromatic rings. The van der Waals surface area contributed by atoms with Crippen LogP contribution in [-0.4, -0.2) is 25.5 Å². The summed E-state index contributed by atoms with van der Waals surface area (Å²) in [5.41, 5.74) is 0.237. The number of anilines is 1. The normalized spacial score (nSPS) is 11.1. The van der Waals surface area contributed by atoms with Gasteiger partial charge in [0.2, 0.25) is 0 Å². The van der Waals surface area contributed by atoms with Crippen molar-refractivity contribution in [1.29, 1.82) is 0 Å². The Kier molecular flexibility index (Phi) is 3.87. The van der Waals surface area contributed by atoms with E-state index in [-0.39, 0.29) is 16.6 Å². The molecule has 0 atom stereocenters. The molecular formula is C11H10ClN3O3S. The smallest absolute Gasteiger partial charge is 0.316 e. The third-order valence-corrected chi connectivity index (χ3v) is 3.78. The van der Waals surface area contributed by atoms with Gasteiger partial charge in [0.25, 0.3) is 10.0 Å². The van der Waals surface area contributed by atoms with Gasteiger partial charge in [0, 0.05) is 5.02 Å². The molecule has 0 unspecified atom stereocenters. The van der Waals surface area contributed by atoms with Gasteiger partial charge in [-0.3, -0.25) is 4.72 Å². The van der Waals surface area contributed by atoms with E-state index in [1.54, 1.807) is 12.1 Å². The van der Waals surface area contributed by atoms with Gasteiger partial charge in [-0.05, 0) is 18.2 Å². The van der Waals surface area contributed by atoms with Crippen LogP contribution >= 0.6 is 11.6 Å². The van der Waals surface area contributed by atoms with Crippen molar-refractivity contribution in [2.45, 2.75) is 4.90 Å². The average Bonchev–Trinajstić information content (AvgIpc) is 2.39. The summed E-state index contributed by atoms with van der Waals surface area (Å²) >= 11 is 5.76. The Bertz CT molecular complexity index is 674. The zero-order chi connectivity index (χ0) is 13.9. The monoisotopic (exact) mass is 299 g/mol. The van der Waals surface area contributed by atoms with Gasteiger partial charge in [-0.15, -0.1) is 0 Å². The lowest BCUT2D eigenvalue weighted by Crippen LogP contribution is -2.13. The minimum atomic E-state index is -3.71. The Morgan fingerprint density at radius 2 is 1.95 bits per heavy atom. The van der Waals surface area contributed by atoms with Crippen molar-refractivity contribution in [3.63, 3.8) is 0 Å². The van der Waals surface area contributed by atoms with E-state index in [1.807, 2.05) is 0 Å². The van der Waals surface area contributed by atoms with Gasteiger partial charge in [0.15, 0.2) is 0 Å². The first-order valence-electron chi connectivity index (χ1n) is 5.16. The van der Waals surface area contributed by atoms with E-state index in [4.69, 9.17) is 16.3 Å². The SMILES string of the molecule is COc1ncc(NS(=O)(=O)c2cccc(Cl)c2)cn1. The molecule has 0 aliphatic rings. The van der Waals surface area contributed by atoms with Gasteiger partial charge in [-0.2, -0.15) is 0 Å². The van der Waals surface area contributed by atoms with E-state index in [9.17, 15) is 8.42 Å². The first kappa shape index (κ1) is 13.6. The third kappa shape index (κ3) is 3.33. The van der Waals surface area contributed by atoms with Crippen LogP contribution in [0.3, 0.4) is 0 Å². The first-order chi connectivity index (χ1) is 9.01. The van der Waals surface area contributed by atoms with Crippen LogP contribution < -0.4 is 9.46 Å². The number of rotatable bonds is 4. The lowest BCUT2D eigenvalue weighted by atomic mass is 10.4. The predicted molar refractivity (Wildman–Crippen MR) is 70.8 cm³/mol. The van der Waals surface area contributed by atoms with Gasteiger partial charge < -0.3 is 4.74 Å². The number of methoxy groups -OCH3 is 1.